The number of amides is 1. The van der Waals surface area contributed by atoms with Crippen molar-refractivity contribution in [2.45, 2.75) is 39.3 Å². The average molecular weight is 310 g/mol. The van der Waals surface area contributed by atoms with E-state index in [0.29, 0.717) is 17.0 Å². The van der Waals surface area contributed by atoms with Gasteiger partial charge < -0.3 is 16.0 Å². The normalized spacial score (nSPS) is 14.5. The average Bonchev–Trinajstić information content (AvgIpc) is 3.19. The van der Waals surface area contributed by atoms with Crippen LogP contribution in [-0.4, -0.2) is 25.0 Å². The summed E-state index contributed by atoms with van der Waals surface area (Å²) in [4.78, 5) is 13.4. The van der Waals surface area contributed by atoms with Crippen LogP contribution in [-0.2, 0) is 11.3 Å². The molecule has 1 aromatic rings. The third-order valence-electron chi connectivity index (χ3n) is 3.48. The van der Waals surface area contributed by atoms with Crippen molar-refractivity contribution in [1.82, 2.24) is 5.32 Å². The Morgan fingerprint density at radius 1 is 1.48 bits per heavy atom. The van der Waals surface area contributed by atoms with Crippen molar-refractivity contribution in [3.05, 3.63) is 28.8 Å². The zero-order valence-electron chi connectivity index (χ0n) is 12.7. The van der Waals surface area contributed by atoms with Crippen LogP contribution >= 0.6 is 11.6 Å². The van der Waals surface area contributed by atoms with E-state index in [0.717, 1.165) is 24.3 Å². The number of hydrogen-bond donors (Lipinski definition) is 2. The maximum Gasteiger partial charge on any atom is 0.236 e. The minimum absolute atomic E-state index is 0.217. The summed E-state index contributed by atoms with van der Waals surface area (Å²) in [5, 5.41) is 4.19. The molecular formula is C16H24ClN3O. The second-order valence-corrected chi connectivity index (χ2v) is 6.61. The minimum Gasteiger partial charge on any atom is -0.368 e. The van der Waals surface area contributed by atoms with Gasteiger partial charge in [0, 0.05) is 29.8 Å². The number of nitrogens with two attached hydrogens (primary N) is 1. The first-order valence-corrected chi connectivity index (χ1v) is 7.88. The maximum absolute atomic E-state index is 11.4. The van der Waals surface area contributed by atoms with Gasteiger partial charge in [0.15, 0.2) is 0 Å². The van der Waals surface area contributed by atoms with Gasteiger partial charge in [0.1, 0.15) is 0 Å². The van der Waals surface area contributed by atoms with Crippen LogP contribution in [0, 0.1) is 5.92 Å². The molecule has 0 bridgehead atoms. The van der Waals surface area contributed by atoms with Crippen LogP contribution in [0.4, 0.5) is 5.69 Å². The molecule has 21 heavy (non-hydrogen) atoms. The second-order valence-electron chi connectivity index (χ2n) is 6.17. The van der Waals surface area contributed by atoms with Crippen molar-refractivity contribution in [1.29, 1.82) is 0 Å². The van der Waals surface area contributed by atoms with E-state index < -0.39 is 0 Å². The first-order chi connectivity index (χ1) is 9.95. The topological polar surface area (TPSA) is 58.4 Å². The maximum atomic E-state index is 11.4. The summed E-state index contributed by atoms with van der Waals surface area (Å²) in [6.45, 7) is 6.04. The second kappa shape index (κ2) is 7.14. The number of benzene rings is 1. The van der Waals surface area contributed by atoms with E-state index in [2.05, 4.69) is 19.2 Å². The van der Waals surface area contributed by atoms with Crippen LogP contribution in [0.3, 0.4) is 0 Å². The zero-order chi connectivity index (χ0) is 15.4. The molecule has 0 radical (unpaired) electrons. The van der Waals surface area contributed by atoms with Gasteiger partial charge in [-0.05, 0) is 36.5 Å². The van der Waals surface area contributed by atoms with Crippen LogP contribution in [0.2, 0.25) is 5.02 Å². The molecule has 5 heteroatoms. The third kappa shape index (κ3) is 5.21. The molecule has 4 nitrogen and oxygen atoms in total. The van der Waals surface area contributed by atoms with Gasteiger partial charge in [0.05, 0.1) is 6.54 Å². The summed E-state index contributed by atoms with van der Waals surface area (Å²) in [5.74, 6) is 0.115. The number of hydrogen-bond acceptors (Lipinski definition) is 3. The van der Waals surface area contributed by atoms with E-state index in [1.165, 1.54) is 12.8 Å². The summed E-state index contributed by atoms with van der Waals surface area (Å²) in [6.07, 6.45) is 2.50. The lowest BCUT2D eigenvalue weighted by Gasteiger charge is -2.28. The van der Waals surface area contributed by atoms with Gasteiger partial charge in [-0.1, -0.05) is 31.5 Å². The number of anilines is 1. The monoisotopic (exact) mass is 309 g/mol. The molecule has 1 saturated carbocycles. The summed E-state index contributed by atoms with van der Waals surface area (Å²) in [7, 11) is 0. The van der Waals surface area contributed by atoms with E-state index >= 15 is 0 Å². The fraction of sp³-hybridized carbons (Fsp3) is 0.562. The lowest BCUT2D eigenvalue weighted by Crippen LogP contribution is -2.37. The molecule has 1 fully saturated rings. The lowest BCUT2D eigenvalue weighted by molar-refractivity contribution is -0.116. The zero-order valence-corrected chi connectivity index (χ0v) is 13.5. The standard InChI is InChI=1S/C16H24ClN3O/c1-11(2)9-20(10-16(18)21)15-7-13(17)4-3-12(15)8-19-14-5-6-14/h3-4,7,11,14,19H,5-6,8-10H2,1-2H3,(H2,18,21). The van der Waals surface area contributed by atoms with Crippen molar-refractivity contribution < 1.29 is 4.79 Å². The highest BCUT2D eigenvalue weighted by Gasteiger charge is 2.21. The first-order valence-electron chi connectivity index (χ1n) is 7.50. The lowest BCUT2D eigenvalue weighted by atomic mass is 10.1. The number of nitrogens with one attached hydrogen (secondary N) is 1. The van der Waals surface area contributed by atoms with E-state index in [-0.39, 0.29) is 12.5 Å². The van der Waals surface area contributed by atoms with Crippen LogP contribution in [0.5, 0.6) is 0 Å². The van der Waals surface area contributed by atoms with E-state index in [9.17, 15) is 4.79 Å². The molecular weight excluding hydrogens is 286 g/mol. The number of carbonyl (C=O) groups is 1. The van der Waals surface area contributed by atoms with E-state index in [1.54, 1.807) is 0 Å². The van der Waals surface area contributed by atoms with Gasteiger partial charge in [-0.3, -0.25) is 4.79 Å². The van der Waals surface area contributed by atoms with Crippen LogP contribution < -0.4 is 16.0 Å². The van der Waals surface area contributed by atoms with Gasteiger partial charge in [-0.2, -0.15) is 0 Å². The number of carbonyl (C=O) groups excluding carboxylic acids is 1. The predicted molar refractivity (Wildman–Crippen MR) is 87.6 cm³/mol. The van der Waals surface area contributed by atoms with Crippen molar-refractivity contribution >= 4 is 23.2 Å². The number of nitrogens with zero attached hydrogens (tertiary/aromatic N) is 1. The largest absolute Gasteiger partial charge is 0.368 e. The summed E-state index contributed by atoms with van der Waals surface area (Å²) in [5.41, 5.74) is 7.56. The SMILES string of the molecule is CC(C)CN(CC(N)=O)c1cc(Cl)ccc1CNC1CC1. The number of primary amides is 1. The molecule has 116 valence electrons. The Hall–Kier alpha value is -1.26. The molecule has 0 saturated heterocycles. The molecule has 0 heterocycles. The smallest absolute Gasteiger partial charge is 0.236 e. The molecule has 2 rings (SSSR count). The van der Waals surface area contributed by atoms with Crippen molar-refractivity contribution in [3.63, 3.8) is 0 Å². The number of halogens is 1. The van der Waals surface area contributed by atoms with Gasteiger partial charge in [-0.15, -0.1) is 0 Å². The Morgan fingerprint density at radius 3 is 2.76 bits per heavy atom. The Kier molecular flexibility index (Phi) is 5.48. The molecule has 0 unspecified atom stereocenters. The Bertz CT molecular complexity index is 500. The molecule has 1 aliphatic rings. The molecule has 1 amide bonds. The highest BCUT2D eigenvalue weighted by atomic mass is 35.5. The summed E-state index contributed by atoms with van der Waals surface area (Å²) < 4.78 is 0. The van der Waals surface area contributed by atoms with Gasteiger partial charge in [0.25, 0.3) is 0 Å². The van der Waals surface area contributed by atoms with E-state index in [1.807, 2.05) is 23.1 Å². The van der Waals surface area contributed by atoms with Crippen LogP contribution in [0.15, 0.2) is 18.2 Å². The Morgan fingerprint density at radius 2 is 2.19 bits per heavy atom. The van der Waals surface area contributed by atoms with E-state index in [4.69, 9.17) is 17.3 Å². The van der Waals surface area contributed by atoms with Crippen molar-refractivity contribution in [2.75, 3.05) is 18.0 Å². The highest BCUT2D eigenvalue weighted by molar-refractivity contribution is 6.30. The van der Waals surface area contributed by atoms with Crippen molar-refractivity contribution in [2.24, 2.45) is 11.7 Å². The minimum atomic E-state index is -0.322. The van der Waals surface area contributed by atoms with Gasteiger partial charge in [0.2, 0.25) is 5.91 Å². The molecule has 1 aromatic carbocycles. The quantitative estimate of drug-likeness (QED) is 0.776. The third-order valence-corrected chi connectivity index (χ3v) is 3.71. The molecule has 3 N–H and O–H groups in total. The molecule has 0 aromatic heterocycles. The Balaban J connectivity index is 2.21. The highest BCUT2D eigenvalue weighted by Crippen LogP contribution is 2.27. The van der Waals surface area contributed by atoms with Gasteiger partial charge >= 0.3 is 0 Å². The molecule has 0 spiro atoms. The van der Waals surface area contributed by atoms with Crippen LogP contribution in [0.25, 0.3) is 0 Å². The fourth-order valence-corrected chi connectivity index (χ4v) is 2.57. The predicted octanol–water partition coefficient (Wildman–Crippen LogP) is 2.54. The molecule has 0 aliphatic heterocycles. The molecule has 0 atom stereocenters. The molecule has 1 aliphatic carbocycles. The van der Waals surface area contributed by atoms with Crippen LogP contribution in [0.1, 0.15) is 32.3 Å². The van der Waals surface area contributed by atoms with Gasteiger partial charge in [-0.25, -0.2) is 0 Å². The first kappa shape index (κ1) is 16.1. The summed E-state index contributed by atoms with van der Waals surface area (Å²) >= 11 is 6.15. The number of rotatable bonds is 8. The van der Waals surface area contributed by atoms with Crippen molar-refractivity contribution in [3.8, 4) is 0 Å². The Labute approximate surface area is 131 Å². The summed E-state index contributed by atoms with van der Waals surface area (Å²) in [6, 6.07) is 6.49. The fourth-order valence-electron chi connectivity index (χ4n) is 2.40.